The summed E-state index contributed by atoms with van der Waals surface area (Å²) in [5, 5.41) is 0. The van der Waals surface area contributed by atoms with Crippen LogP contribution in [-0.2, 0) is 12.8 Å². The van der Waals surface area contributed by atoms with E-state index in [2.05, 4.69) is 101 Å². The highest BCUT2D eigenvalue weighted by Gasteiger charge is 2.43. The van der Waals surface area contributed by atoms with E-state index in [-0.39, 0.29) is 6.71 Å². The fraction of sp³-hybridized carbons (Fsp3) is 0.0455. The fourth-order valence-corrected chi connectivity index (χ4v) is 8.45. The Hall–Kier alpha value is -6.60. The van der Waals surface area contributed by atoms with Crippen molar-refractivity contribution in [1.29, 1.82) is 0 Å². The van der Waals surface area contributed by atoms with E-state index in [1.165, 1.54) is 11.1 Å². The Morgan fingerprint density at radius 2 is 0.863 bits per heavy atom. The average Bonchev–Trinajstić information content (AvgIpc) is 3.16. The van der Waals surface area contributed by atoms with E-state index in [1.54, 1.807) is 0 Å². The van der Waals surface area contributed by atoms with Crippen LogP contribution in [0, 0.1) is 0 Å². The first-order valence-corrected chi connectivity index (χ1v) is 17.4. The van der Waals surface area contributed by atoms with Gasteiger partial charge < -0.3 is 28.7 Å². The Bertz CT molecular complexity index is 2550. The number of fused-ring (bicyclic) bond motifs is 10. The summed E-state index contributed by atoms with van der Waals surface area (Å²) in [4.78, 5) is 4.53. The number of ether oxygens (including phenoxy) is 4. The van der Waals surface area contributed by atoms with Gasteiger partial charge in [-0.3, -0.25) is 0 Å². The maximum absolute atomic E-state index is 6.95. The van der Waals surface area contributed by atoms with E-state index in [0.29, 0.717) is 0 Å². The van der Waals surface area contributed by atoms with Gasteiger partial charge >= 0.3 is 0 Å². The molecule has 7 heteroatoms. The van der Waals surface area contributed by atoms with Crippen LogP contribution in [0.3, 0.4) is 0 Å². The average molecular weight is 659 g/mol. The molecule has 12 rings (SSSR count). The third-order valence-electron chi connectivity index (χ3n) is 10.8. The summed E-state index contributed by atoms with van der Waals surface area (Å²) in [6, 6.07) is 48.2. The number of hydrogen-bond acceptors (Lipinski definition) is 6. The SMILES string of the molecule is c1ccc2c(c1)Oc1ccccc1N2c1ccc2c(c1)Oc1cc3c(c4c1B2c1ccc(N2c5ccccc5Oc5ccccc52)cc1O4)CC3. The third-order valence-corrected chi connectivity index (χ3v) is 10.8. The molecule has 4 heterocycles. The Kier molecular flexibility index (Phi) is 5.34. The summed E-state index contributed by atoms with van der Waals surface area (Å²) in [5.74, 6) is 6.85. The van der Waals surface area contributed by atoms with Crippen LogP contribution >= 0.6 is 0 Å². The summed E-state index contributed by atoms with van der Waals surface area (Å²) in [6.45, 7) is -0.0370. The molecule has 0 unspecified atom stereocenters. The number of anilines is 6. The van der Waals surface area contributed by atoms with Gasteiger partial charge in [0, 0.05) is 17.6 Å². The second kappa shape index (κ2) is 9.99. The van der Waals surface area contributed by atoms with Crippen molar-refractivity contribution in [2.45, 2.75) is 12.8 Å². The maximum Gasteiger partial charge on any atom is 0.260 e. The van der Waals surface area contributed by atoms with Crippen LogP contribution in [0.25, 0.3) is 0 Å². The van der Waals surface area contributed by atoms with Gasteiger partial charge in [-0.05, 0) is 102 Å². The molecule has 51 heavy (non-hydrogen) atoms. The van der Waals surface area contributed by atoms with E-state index in [0.717, 1.165) is 109 Å². The summed E-state index contributed by atoms with van der Waals surface area (Å²) in [7, 11) is 0. The molecule has 240 valence electrons. The topological polar surface area (TPSA) is 43.4 Å². The molecule has 4 aliphatic heterocycles. The molecule has 0 spiro atoms. The monoisotopic (exact) mass is 658 g/mol. The van der Waals surface area contributed by atoms with E-state index >= 15 is 0 Å². The minimum absolute atomic E-state index is 0.0370. The second-order valence-electron chi connectivity index (χ2n) is 13.6. The number of para-hydroxylation sites is 8. The molecule has 0 saturated heterocycles. The van der Waals surface area contributed by atoms with Crippen molar-refractivity contribution in [2.24, 2.45) is 0 Å². The van der Waals surface area contributed by atoms with Crippen molar-refractivity contribution in [3.63, 3.8) is 0 Å². The summed E-state index contributed by atoms with van der Waals surface area (Å²) >= 11 is 0. The normalized spacial score (nSPS) is 14.6. The van der Waals surface area contributed by atoms with E-state index in [4.69, 9.17) is 18.9 Å². The molecule has 0 bridgehead atoms. The van der Waals surface area contributed by atoms with E-state index in [9.17, 15) is 0 Å². The largest absolute Gasteiger partial charge is 0.458 e. The van der Waals surface area contributed by atoms with Crippen LogP contribution < -0.4 is 45.1 Å². The number of hydrogen-bond donors (Lipinski definition) is 0. The zero-order valence-electron chi connectivity index (χ0n) is 27.3. The molecule has 0 N–H and O–H groups in total. The summed E-state index contributed by atoms with van der Waals surface area (Å²) in [6.07, 6.45) is 2.03. The fourth-order valence-electron chi connectivity index (χ4n) is 8.45. The van der Waals surface area contributed by atoms with Crippen LogP contribution in [-0.4, -0.2) is 6.71 Å². The van der Waals surface area contributed by atoms with Crippen LogP contribution in [0.1, 0.15) is 11.1 Å². The molecule has 0 atom stereocenters. The highest BCUT2D eigenvalue weighted by atomic mass is 16.5. The van der Waals surface area contributed by atoms with Gasteiger partial charge in [0.2, 0.25) is 0 Å². The van der Waals surface area contributed by atoms with E-state index in [1.807, 2.05) is 48.5 Å². The van der Waals surface area contributed by atoms with Gasteiger partial charge in [0.1, 0.15) is 23.0 Å². The van der Waals surface area contributed by atoms with Crippen LogP contribution in [0.2, 0.25) is 0 Å². The summed E-state index contributed by atoms with van der Waals surface area (Å²) < 4.78 is 26.4. The van der Waals surface area contributed by atoms with Gasteiger partial charge in [0.05, 0.1) is 34.1 Å². The van der Waals surface area contributed by atoms with Crippen molar-refractivity contribution in [3.05, 3.63) is 151 Å². The van der Waals surface area contributed by atoms with Crippen molar-refractivity contribution < 1.29 is 18.9 Å². The number of benzene rings is 7. The Balaban J connectivity index is 1.02. The number of nitrogens with zero attached hydrogens (tertiary/aromatic N) is 2. The molecular weight excluding hydrogens is 631 g/mol. The van der Waals surface area contributed by atoms with Gasteiger partial charge in [-0.25, -0.2) is 0 Å². The standard InChI is InChI=1S/C44H27BN2O4/c1-5-13-36-32(9-1)46(33-10-2-6-14-37(33)48-36)27-18-21-30-40(24-27)50-42-23-26-17-20-29(26)44-43(42)45(30)31-22-19-28(25-41(31)51-44)47-34-11-3-7-15-38(34)49-39-16-8-4-12-35(39)47/h1-16,18-19,21-25H,17,20H2. The highest BCUT2D eigenvalue weighted by Crippen LogP contribution is 2.53. The minimum Gasteiger partial charge on any atom is -0.458 e. The predicted octanol–water partition coefficient (Wildman–Crippen LogP) is 9.66. The van der Waals surface area contributed by atoms with Gasteiger partial charge in [0.25, 0.3) is 6.71 Å². The Labute approximate surface area is 294 Å². The smallest absolute Gasteiger partial charge is 0.260 e. The number of rotatable bonds is 2. The first kappa shape index (κ1) is 27.3. The molecular formula is C44H27BN2O4. The predicted molar refractivity (Wildman–Crippen MR) is 201 cm³/mol. The van der Waals surface area contributed by atoms with Crippen LogP contribution in [0.4, 0.5) is 34.1 Å². The molecule has 7 aromatic rings. The Morgan fingerprint density at radius 3 is 1.33 bits per heavy atom. The van der Waals surface area contributed by atoms with E-state index < -0.39 is 0 Å². The van der Waals surface area contributed by atoms with Crippen LogP contribution in [0.15, 0.2) is 140 Å². The lowest BCUT2D eigenvalue weighted by molar-refractivity contribution is 0.453. The summed E-state index contributed by atoms with van der Waals surface area (Å²) in [5.41, 5.74) is 12.0. The van der Waals surface area contributed by atoms with Gasteiger partial charge in [-0.1, -0.05) is 60.7 Å². The molecule has 0 saturated carbocycles. The quantitative estimate of drug-likeness (QED) is 0.172. The third kappa shape index (κ3) is 3.77. The molecule has 0 amide bonds. The van der Waals surface area contributed by atoms with Crippen molar-refractivity contribution in [1.82, 2.24) is 0 Å². The van der Waals surface area contributed by atoms with Gasteiger partial charge in [-0.2, -0.15) is 0 Å². The molecule has 1 aliphatic carbocycles. The molecule has 6 nitrogen and oxygen atoms in total. The minimum atomic E-state index is -0.0370. The van der Waals surface area contributed by atoms with Crippen molar-refractivity contribution in [2.75, 3.05) is 9.80 Å². The van der Waals surface area contributed by atoms with Gasteiger partial charge in [-0.15, -0.1) is 0 Å². The lowest BCUT2D eigenvalue weighted by Gasteiger charge is -2.38. The lowest BCUT2D eigenvalue weighted by Crippen LogP contribution is -2.58. The maximum atomic E-state index is 6.95. The molecule has 0 aromatic heterocycles. The van der Waals surface area contributed by atoms with Crippen molar-refractivity contribution in [3.8, 4) is 46.0 Å². The van der Waals surface area contributed by atoms with Crippen molar-refractivity contribution >= 4 is 57.2 Å². The zero-order chi connectivity index (χ0) is 33.2. The first-order valence-electron chi connectivity index (χ1n) is 17.4. The molecule has 0 radical (unpaired) electrons. The first-order chi connectivity index (χ1) is 25.3. The Morgan fingerprint density at radius 1 is 0.412 bits per heavy atom. The lowest BCUT2D eigenvalue weighted by atomic mass is 9.34. The van der Waals surface area contributed by atoms with Gasteiger partial charge in [0.15, 0.2) is 23.0 Å². The zero-order valence-corrected chi connectivity index (χ0v) is 27.3. The molecule has 5 aliphatic rings. The molecule has 0 fully saturated rings. The highest BCUT2D eigenvalue weighted by molar-refractivity contribution is 6.98. The second-order valence-corrected chi connectivity index (χ2v) is 13.6. The number of aryl methyl sites for hydroxylation is 1. The van der Waals surface area contributed by atoms with Crippen LogP contribution in [0.5, 0.6) is 46.0 Å². The molecule has 7 aromatic carbocycles.